The van der Waals surface area contributed by atoms with Crippen molar-refractivity contribution in [3.8, 4) is 0 Å². The van der Waals surface area contributed by atoms with Gasteiger partial charge < -0.3 is 10.1 Å². The first-order chi connectivity index (χ1) is 11.4. The molecule has 1 atom stereocenters. The van der Waals surface area contributed by atoms with Crippen LogP contribution in [0.4, 0.5) is 8.78 Å². The van der Waals surface area contributed by atoms with E-state index in [4.69, 9.17) is 16.3 Å². The number of ether oxygens (including phenoxy) is 1. The number of halogens is 3. The Bertz CT molecular complexity index is 767. The van der Waals surface area contributed by atoms with Crippen molar-refractivity contribution in [2.45, 2.75) is 19.6 Å². The minimum atomic E-state index is -1.07. The van der Waals surface area contributed by atoms with Gasteiger partial charge in [0.2, 0.25) is 0 Å². The molecule has 0 aliphatic heterocycles. The third-order valence-corrected chi connectivity index (χ3v) is 3.55. The summed E-state index contributed by atoms with van der Waals surface area (Å²) < 4.78 is 31.5. The molecule has 7 heteroatoms. The van der Waals surface area contributed by atoms with E-state index in [0.29, 0.717) is 0 Å². The molecule has 1 N–H and O–H groups in total. The highest BCUT2D eigenvalue weighted by Crippen LogP contribution is 2.15. The first-order valence-corrected chi connectivity index (χ1v) is 7.43. The lowest BCUT2D eigenvalue weighted by atomic mass is 10.2. The van der Waals surface area contributed by atoms with Gasteiger partial charge in [-0.15, -0.1) is 0 Å². The van der Waals surface area contributed by atoms with Crippen molar-refractivity contribution in [2.24, 2.45) is 0 Å². The van der Waals surface area contributed by atoms with E-state index in [2.05, 4.69) is 5.32 Å². The van der Waals surface area contributed by atoms with Gasteiger partial charge >= 0.3 is 5.97 Å². The standard InChI is InChI=1S/C17H14ClF2NO3/c1-10(21-16(22)12-6-2-3-7-13(12)18)17(23)24-9-11-5-4-8-14(19)15(11)20/h2-8,10H,9H2,1H3,(H,21,22)/t10-/m0/s1. The lowest BCUT2D eigenvalue weighted by Gasteiger charge is -2.14. The molecule has 2 aromatic rings. The Labute approximate surface area is 142 Å². The van der Waals surface area contributed by atoms with Gasteiger partial charge in [0.05, 0.1) is 10.6 Å². The molecule has 1 amide bonds. The molecule has 0 heterocycles. The summed E-state index contributed by atoms with van der Waals surface area (Å²) in [6.07, 6.45) is 0. The number of nitrogens with one attached hydrogen (secondary N) is 1. The number of amides is 1. The van der Waals surface area contributed by atoms with Gasteiger partial charge in [-0.2, -0.15) is 0 Å². The number of carbonyl (C=O) groups excluding carboxylic acids is 2. The van der Waals surface area contributed by atoms with Crippen LogP contribution in [0.3, 0.4) is 0 Å². The Morgan fingerprint density at radius 2 is 1.88 bits per heavy atom. The maximum absolute atomic E-state index is 13.5. The summed E-state index contributed by atoms with van der Waals surface area (Å²) in [6.45, 7) is 0.980. The molecule has 0 aromatic heterocycles. The molecular formula is C17H14ClF2NO3. The van der Waals surface area contributed by atoms with Gasteiger partial charge in [0, 0.05) is 5.56 Å². The molecule has 0 spiro atoms. The first kappa shape index (κ1) is 17.9. The molecule has 24 heavy (non-hydrogen) atoms. The van der Waals surface area contributed by atoms with Crippen molar-refractivity contribution in [3.05, 3.63) is 70.2 Å². The minimum Gasteiger partial charge on any atom is -0.459 e. The molecular weight excluding hydrogens is 340 g/mol. The molecule has 0 saturated heterocycles. The largest absolute Gasteiger partial charge is 0.459 e. The van der Waals surface area contributed by atoms with Crippen LogP contribution in [0, 0.1) is 11.6 Å². The summed E-state index contributed by atoms with van der Waals surface area (Å²) >= 11 is 5.90. The Morgan fingerprint density at radius 3 is 2.58 bits per heavy atom. The van der Waals surface area contributed by atoms with E-state index in [0.717, 1.165) is 6.07 Å². The highest BCUT2D eigenvalue weighted by Gasteiger charge is 2.20. The van der Waals surface area contributed by atoms with Crippen LogP contribution < -0.4 is 5.32 Å². The fraction of sp³-hybridized carbons (Fsp3) is 0.176. The Morgan fingerprint density at radius 1 is 1.17 bits per heavy atom. The Hall–Kier alpha value is -2.47. The van der Waals surface area contributed by atoms with Crippen LogP contribution in [-0.2, 0) is 16.1 Å². The molecule has 0 unspecified atom stereocenters. The summed E-state index contributed by atoms with van der Waals surface area (Å²) in [5.41, 5.74) is 0.128. The molecule has 2 aromatic carbocycles. The summed E-state index contributed by atoms with van der Waals surface area (Å²) in [7, 11) is 0. The van der Waals surface area contributed by atoms with Crippen LogP contribution in [0.15, 0.2) is 42.5 Å². The van der Waals surface area contributed by atoms with Crippen molar-refractivity contribution in [1.29, 1.82) is 0 Å². The lowest BCUT2D eigenvalue weighted by Crippen LogP contribution is -2.39. The van der Waals surface area contributed by atoms with Crippen LogP contribution >= 0.6 is 11.6 Å². The summed E-state index contributed by atoms with van der Waals surface area (Å²) in [4.78, 5) is 23.9. The number of hydrogen-bond acceptors (Lipinski definition) is 3. The average Bonchev–Trinajstić information content (AvgIpc) is 2.56. The SMILES string of the molecule is C[C@H](NC(=O)c1ccccc1Cl)C(=O)OCc1cccc(F)c1F. The fourth-order valence-corrected chi connectivity index (χ4v) is 2.13. The maximum atomic E-state index is 13.5. The molecule has 126 valence electrons. The van der Waals surface area contributed by atoms with Crippen molar-refractivity contribution in [3.63, 3.8) is 0 Å². The highest BCUT2D eigenvalue weighted by molar-refractivity contribution is 6.33. The quantitative estimate of drug-likeness (QED) is 0.837. The van der Waals surface area contributed by atoms with Crippen LogP contribution in [0.1, 0.15) is 22.8 Å². The molecule has 2 rings (SSSR count). The smallest absolute Gasteiger partial charge is 0.328 e. The minimum absolute atomic E-state index is 0.0898. The van der Waals surface area contributed by atoms with Crippen molar-refractivity contribution >= 4 is 23.5 Å². The van der Waals surface area contributed by atoms with Crippen LogP contribution in [0.5, 0.6) is 0 Å². The summed E-state index contributed by atoms with van der Waals surface area (Å²) in [6, 6.07) is 8.96. The van der Waals surface area contributed by atoms with E-state index in [9.17, 15) is 18.4 Å². The zero-order valence-electron chi connectivity index (χ0n) is 12.7. The molecule has 0 aliphatic rings. The van der Waals surface area contributed by atoms with Gasteiger partial charge in [0.15, 0.2) is 11.6 Å². The van der Waals surface area contributed by atoms with E-state index in [1.54, 1.807) is 18.2 Å². The van der Waals surface area contributed by atoms with Gasteiger partial charge in [-0.25, -0.2) is 13.6 Å². The van der Waals surface area contributed by atoms with Crippen molar-refractivity contribution in [2.75, 3.05) is 0 Å². The molecule has 0 aliphatic carbocycles. The third-order valence-electron chi connectivity index (χ3n) is 3.22. The van der Waals surface area contributed by atoms with Gasteiger partial charge in [-0.1, -0.05) is 35.9 Å². The third kappa shape index (κ3) is 4.29. The molecule has 0 saturated carbocycles. The first-order valence-electron chi connectivity index (χ1n) is 7.05. The monoisotopic (exact) mass is 353 g/mol. The second kappa shape index (κ2) is 7.88. The number of esters is 1. The zero-order valence-corrected chi connectivity index (χ0v) is 13.4. The molecule has 4 nitrogen and oxygen atoms in total. The number of carbonyl (C=O) groups is 2. The number of hydrogen-bond donors (Lipinski definition) is 1. The van der Waals surface area contributed by atoms with Crippen molar-refractivity contribution in [1.82, 2.24) is 5.32 Å². The predicted octanol–water partition coefficient (Wildman–Crippen LogP) is 3.48. The normalized spacial score (nSPS) is 11.7. The van der Waals surface area contributed by atoms with Gasteiger partial charge in [0.25, 0.3) is 5.91 Å². The van der Waals surface area contributed by atoms with E-state index >= 15 is 0 Å². The molecule has 0 radical (unpaired) electrons. The predicted molar refractivity (Wildman–Crippen MR) is 84.5 cm³/mol. The molecule has 0 fully saturated rings. The van der Waals surface area contributed by atoms with Gasteiger partial charge in [0.1, 0.15) is 12.6 Å². The van der Waals surface area contributed by atoms with Crippen LogP contribution in [0.25, 0.3) is 0 Å². The van der Waals surface area contributed by atoms with Gasteiger partial charge in [-0.05, 0) is 25.1 Å². The Balaban J connectivity index is 1.94. The Kier molecular flexibility index (Phi) is 5.87. The summed E-state index contributed by atoms with van der Waals surface area (Å²) in [5.74, 6) is -3.41. The average molecular weight is 354 g/mol. The number of rotatable bonds is 5. The van der Waals surface area contributed by atoms with Crippen LogP contribution in [-0.4, -0.2) is 17.9 Å². The second-order valence-electron chi connectivity index (χ2n) is 5.00. The van der Waals surface area contributed by atoms with E-state index in [1.165, 1.54) is 25.1 Å². The van der Waals surface area contributed by atoms with Gasteiger partial charge in [-0.3, -0.25) is 4.79 Å². The summed E-state index contributed by atoms with van der Waals surface area (Å²) in [5, 5.41) is 2.68. The van der Waals surface area contributed by atoms with Crippen LogP contribution in [0.2, 0.25) is 5.02 Å². The highest BCUT2D eigenvalue weighted by atomic mass is 35.5. The maximum Gasteiger partial charge on any atom is 0.328 e. The fourth-order valence-electron chi connectivity index (χ4n) is 1.91. The number of benzene rings is 2. The topological polar surface area (TPSA) is 55.4 Å². The van der Waals surface area contributed by atoms with Crippen molar-refractivity contribution < 1.29 is 23.1 Å². The zero-order chi connectivity index (χ0) is 17.7. The van der Waals surface area contributed by atoms with E-state index in [-0.39, 0.29) is 16.1 Å². The second-order valence-corrected chi connectivity index (χ2v) is 5.40. The van der Waals surface area contributed by atoms with E-state index < -0.39 is 36.2 Å². The lowest BCUT2D eigenvalue weighted by molar-refractivity contribution is -0.146. The molecule has 0 bridgehead atoms. The van der Waals surface area contributed by atoms with E-state index in [1.807, 2.05) is 0 Å².